The molecule has 3 unspecified atom stereocenters. The van der Waals surface area contributed by atoms with Gasteiger partial charge in [-0.05, 0) is 42.7 Å². The summed E-state index contributed by atoms with van der Waals surface area (Å²) in [5, 5.41) is 9.04. The number of carbonyl (C=O) groups is 1. The molecule has 0 aromatic heterocycles. The van der Waals surface area contributed by atoms with Gasteiger partial charge in [0.15, 0.2) is 0 Å². The topological polar surface area (TPSA) is 62.4 Å². The Kier molecular flexibility index (Phi) is 6.28. The van der Waals surface area contributed by atoms with Crippen LogP contribution in [0.4, 0.5) is 31.1 Å². The molecule has 0 spiro atoms. The van der Waals surface area contributed by atoms with Gasteiger partial charge in [0.1, 0.15) is 0 Å². The first-order valence-corrected chi connectivity index (χ1v) is 10.7. The average molecular weight is 487 g/mol. The van der Waals surface area contributed by atoms with Gasteiger partial charge in [-0.3, -0.25) is 0 Å². The van der Waals surface area contributed by atoms with E-state index in [1.165, 1.54) is 6.92 Å². The van der Waals surface area contributed by atoms with Crippen molar-refractivity contribution in [2.45, 2.75) is 49.4 Å². The van der Waals surface area contributed by atoms with Gasteiger partial charge < -0.3 is 20.7 Å². The highest BCUT2D eigenvalue weighted by atomic mass is 19.4. The molecule has 3 N–H and O–H groups in total. The molecule has 5 nitrogen and oxygen atoms in total. The number of hydrogen-bond donors (Lipinski definition) is 3. The molecular weight excluding hydrogens is 464 g/mol. The molecule has 4 rings (SSSR count). The first-order valence-electron chi connectivity index (χ1n) is 10.7. The third-order valence-corrected chi connectivity index (χ3v) is 6.33. The Morgan fingerprint density at radius 1 is 0.971 bits per heavy atom. The molecule has 2 aromatic rings. The zero-order valence-corrected chi connectivity index (χ0v) is 18.1. The average Bonchev–Trinajstić information content (AvgIpc) is 3.15. The third kappa shape index (κ3) is 5.00. The standard InChI is InChI=1S/C23H23F6N3O2/c1-13(14-7-16(22(24,25)26)9-17(8-14)23(27,28)29)34-12-21(15-5-3-2-4-6-15)10-18-19(11-30-21)32-20(33)31-18/h2-9,13,18-19,30H,10-12H2,1H3,(H2,31,32,33)/t13?,18?,19?,21-/m1/s1. The Bertz CT molecular complexity index is 1010. The van der Waals surface area contributed by atoms with E-state index in [1.807, 2.05) is 30.3 Å². The predicted octanol–water partition coefficient (Wildman–Crippen LogP) is 4.74. The van der Waals surface area contributed by atoms with Gasteiger partial charge in [0.25, 0.3) is 0 Å². The number of nitrogens with one attached hydrogen (secondary N) is 3. The first kappa shape index (κ1) is 24.3. The van der Waals surface area contributed by atoms with Gasteiger partial charge in [-0.15, -0.1) is 0 Å². The molecule has 2 aliphatic rings. The lowest BCUT2D eigenvalue weighted by molar-refractivity contribution is -0.143. The number of benzene rings is 2. The zero-order chi connectivity index (χ0) is 24.7. The lowest BCUT2D eigenvalue weighted by Crippen LogP contribution is -2.60. The molecular formula is C23H23F6N3O2. The number of amides is 2. The third-order valence-electron chi connectivity index (χ3n) is 6.33. The van der Waals surface area contributed by atoms with Crippen molar-refractivity contribution in [3.05, 3.63) is 70.8 Å². The monoisotopic (exact) mass is 487 g/mol. The van der Waals surface area contributed by atoms with Crippen molar-refractivity contribution < 1.29 is 35.9 Å². The summed E-state index contributed by atoms with van der Waals surface area (Å²) in [6.07, 6.45) is -10.5. The normalized spacial score (nSPS) is 25.9. The Labute approximate surface area is 191 Å². The SMILES string of the molecule is CC(OC[C@@]1(c2ccccc2)CC2NC(=O)NC2CN1)c1cc(C(F)(F)F)cc(C(F)(F)F)c1. The largest absolute Gasteiger partial charge is 0.416 e. The molecule has 0 bridgehead atoms. The fraction of sp³-hybridized carbons (Fsp3) is 0.435. The van der Waals surface area contributed by atoms with Crippen LogP contribution in [0.25, 0.3) is 0 Å². The van der Waals surface area contributed by atoms with Crippen molar-refractivity contribution in [2.24, 2.45) is 0 Å². The molecule has 0 saturated carbocycles. The van der Waals surface area contributed by atoms with Crippen LogP contribution in [-0.4, -0.2) is 31.3 Å². The lowest BCUT2D eigenvalue weighted by atomic mass is 9.79. The van der Waals surface area contributed by atoms with Crippen molar-refractivity contribution in [2.75, 3.05) is 13.2 Å². The van der Waals surface area contributed by atoms with E-state index < -0.39 is 35.1 Å². The van der Waals surface area contributed by atoms with Crippen molar-refractivity contribution in [3.63, 3.8) is 0 Å². The predicted molar refractivity (Wildman–Crippen MR) is 111 cm³/mol. The minimum atomic E-state index is -4.94. The number of ether oxygens (including phenoxy) is 1. The molecule has 2 aromatic carbocycles. The second-order valence-corrected chi connectivity index (χ2v) is 8.66. The summed E-state index contributed by atoms with van der Waals surface area (Å²) in [4.78, 5) is 11.8. The molecule has 0 radical (unpaired) electrons. The van der Waals surface area contributed by atoms with Crippen molar-refractivity contribution in [3.8, 4) is 0 Å². The second-order valence-electron chi connectivity index (χ2n) is 8.66. The maximum Gasteiger partial charge on any atom is 0.416 e. The zero-order valence-electron chi connectivity index (χ0n) is 18.1. The van der Waals surface area contributed by atoms with E-state index in [0.717, 1.165) is 5.56 Å². The number of rotatable bonds is 5. The van der Waals surface area contributed by atoms with Crippen molar-refractivity contribution in [1.82, 2.24) is 16.0 Å². The Morgan fingerprint density at radius 3 is 2.15 bits per heavy atom. The summed E-state index contributed by atoms with van der Waals surface area (Å²) in [6.45, 7) is 1.80. The molecule has 2 aliphatic heterocycles. The van der Waals surface area contributed by atoms with E-state index in [2.05, 4.69) is 16.0 Å². The summed E-state index contributed by atoms with van der Waals surface area (Å²) in [5.74, 6) is 0. The van der Waals surface area contributed by atoms with Gasteiger partial charge in [-0.1, -0.05) is 30.3 Å². The minimum absolute atomic E-state index is 0.0329. The van der Waals surface area contributed by atoms with Crippen LogP contribution in [0.2, 0.25) is 0 Å². The van der Waals surface area contributed by atoms with Gasteiger partial charge in [0, 0.05) is 6.54 Å². The minimum Gasteiger partial charge on any atom is -0.372 e. The summed E-state index contributed by atoms with van der Waals surface area (Å²) < 4.78 is 85.4. The first-order chi connectivity index (χ1) is 15.9. The summed E-state index contributed by atoms with van der Waals surface area (Å²) in [5.41, 5.74) is -2.96. The second kappa shape index (κ2) is 8.77. The highest BCUT2D eigenvalue weighted by molar-refractivity contribution is 5.77. The van der Waals surface area contributed by atoms with Crippen molar-refractivity contribution >= 4 is 6.03 Å². The molecule has 34 heavy (non-hydrogen) atoms. The summed E-state index contributed by atoms with van der Waals surface area (Å²) in [7, 11) is 0. The Balaban J connectivity index is 1.61. The van der Waals surface area contributed by atoms with E-state index in [4.69, 9.17) is 4.74 Å². The van der Waals surface area contributed by atoms with Crippen LogP contribution in [0.1, 0.15) is 41.7 Å². The van der Waals surface area contributed by atoms with Gasteiger partial charge >= 0.3 is 18.4 Å². The maximum atomic E-state index is 13.3. The van der Waals surface area contributed by atoms with E-state index >= 15 is 0 Å². The summed E-state index contributed by atoms with van der Waals surface area (Å²) in [6, 6.07) is 10.0. The summed E-state index contributed by atoms with van der Waals surface area (Å²) >= 11 is 0. The van der Waals surface area contributed by atoms with E-state index in [-0.39, 0.29) is 36.4 Å². The number of fused-ring (bicyclic) bond motifs is 1. The van der Waals surface area contributed by atoms with Gasteiger partial charge in [0.05, 0.1) is 41.5 Å². The van der Waals surface area contributed by atoms with Gasteiger partial charge in [-0.25, -0.2) is 4.79 Å². The van der Waals surface area contributed by atoms with Gasteiger partial charge in [0.2, 0.25) is 0 Å². The molecule has 2 fully saturated rings. The fourth-order valence-electron chi connectivity index (χ4n) is 4.47. The molecule has 2 saturated heterocycles. The molecule has 11 heteroatoms. The number of hydrogen-bond acceptors (Lipinski definition) is 3. The number of piperidine rings is 1. The number of alkyl halides is 6. The van der Waals surface area contributed by atoms with Crippen molar-refractivity contribution in [1.29, 1.82) is 0 Å². The van der Waals surface area contributed by atoms with E-state index in [9.17, 15) is 31.1 Å². The van der Waals surface area contributed by atoms with Crippen LogP contribution in [0.3, 0.4) is 0 Å². The van der Waals surface area contributed by atoms with Crippen LogP contribution in [0.5, 0.6) is 0 Å². The Hall–Kier alpha value is -2.79. The highest BCUT2D eigenvalue weighted by Gasteiger charge is 2.46. The number of halogens is 6. The van der Waals surface area contributed by atoms with Crippen LogP contribution >= 0.6 is 0 Å². The molecule has 2 heterocycles. The van der Waals surface area contributed by atoms with Crippen LogP contribution in [0, 0.1) is 0 Å². The molecule has 4 atom stereocenters. The molecule has 0 aliphatic carbocycles. The Morgan fingerprint density at radius 2 is 1.56 bits per heavy atom. The van der Waals surface area contributed by atoms with Crippen LogP contribution < -0.4 is 16.0 Å². The quantitative estimate of drug-likeness (QED) is 0.534. The number of urea groups is 1. The molecule has 184 valence electrons. The lowest BCUT2D eigenvalue weighted by Gasteiger charge is -2.43. The van der Waals surface area contributed by atoms with E-state index in [0.29, 0.717) is 25.1 Å². The highest BCUT2D eigenvalue weighted by Crippen LogP contribution is 2.39. The smallest absolute Gasteiger partial charge is 0.372 e. The van der Waals surface area contributed by atoms with Crippen LogP contribution in [0.15, 0.2) is 48.5 Å². The van der Waals surface area contributed by atoms with Gasteiger partial charge in [-0.2, -0.15) is 26.3 Å². The fourth-order valence-corrected chi connectivity index (χ4v) is 4.47. The molecule has 2 amide bonds. The van der Waals surface area contributed by atoms with E-state index in [1.54, 1.807) is 0 Å². The van der Waals surface area contributed by atoms with Crippen LogP contribution in [-0.2, 0) is 22.6 Å². The number of carbonyl (C=O) groups excluding carboxylic acids is 1. The maximum absolute atomic E-state index is 13.3.